The predicted molar refractivity (Wildman–Crippen MR) is 137 cm³/mol. The Morgan fingerprint density at radius 2 is 1.50 bits per heavy atom. The molecule has 0 radical (unpaired) electrons. The van der Waals surface area contributed by atoms with Gasteiger partial charge in [0.05, 0.1) is 5.56 Å². The molecule has 3 rings (SSSR count). The van der Waals surface area contributed by atoms with Gasteiger partial charge in [0.1, 0.15) is 6.07 Å². The molecule has 0 aromatic heterocycles. The third-order valence-electron chi connectivity index (χ3n) is 5.93. The molecule has 0 unspecified atom stereocenters. The lowest BCUT2D eigenvalue weighted by Gasteiger charge is -2.22. The highest BCUT2D eigenvalue weighted by Gasteiger charge is 2.10. The lowest BCUT2D eigenvalue weighted by Crippen LogP contribution is -2.25. The third-order valence-corrected chi connectivity index (χ3v) is 5.93. The van der Waals surface area contributed by atoms with Crippen LogP contribution in [0, 0.1) is 25.2 Å². The van der Waals surface area contributed by atoms with E-state index in [-0.39, 0.29) is 0 Å². The summed E-state index contributed by atoms with van der Waals surface area (Å²) in [4.78, 5) is 2.55. The van der Waals surface area contributed by atoms with Crippen molar-refractivity contribution < 1.29 is 0 Å². The Balaban J connectivity index is 1.89. The minimum atomic E-state index is 0.718. The van der Waals surface area contributed by atoms with Gasteiger partial charge in [-0.25, -0.2) is 0 Å². The van der Waals surface area contributed by atoms with E-state index in [4.69, 9.17) is 0 Å². The molecule has 0 aliphatic carbocycles. The van der Waals surface area contributed by atoms with Gasteiger partial charge in [0.25, 0.3) is 0 Å². The molecular formula is C30H34N2. The second-order valence-corrected chi connectivity index (χ2v) is 8.49. The van der Waals surface area contributed by atoms with E-state index in [1.54, 1.807) is 0 Å². The lowest BCUT2D eigenvalue weighted by molar-refractivity contribution is 0.266. The highest BCUT2D eigenvalue weighted by Crippen LogP contribution is 2.27. The zero-order chi connectivity index (χ0) is 22.9. The lowest BCUT2D eigenvalue weighted by atomic mass is 9.94. The van der Waals surface area contributed by atoms with Crippen molar-refractivity contribution in [2.45, 2.75) is 47.1 Å². The molecule has 0 aliphatic rings. The summed E-state index contributed by atoms with van der Waals surface area (Å²) >= 11 is 0. The van der Waals surface area contributed by atoms with E-state index in [2.05, 4.69) is 75.1 Å². The highest BCUT2D eigenvalue weighted by molar-refractivity contribution is 5.80. The van der Waals surface area contributed by atoms with Crippen LogP contribution in [0.25, 0.3) is 23.3 Å². The van der Waals surface area contributed by atoms with Crippen LogP contribution in [0.15, 0.2) is 60.7 Å². The zero-order valence-electron chi connectivity index (χ0n) is 19.9. The number of nitriles is 1. The van der Waals surface area contributed by atoms with Crippen LogP contribution in [-0.2, 0) is 6.54 Å². The van der Waals surface area contributed by atoms with Crippen LogP contribution in [0.4, 0.5) is 0 Å². The number of aryl methyl sites for hydroxylation is 2. The highest BCUT2D eigenvalue weighted by atomic mass is 15.1. The summed E-state index contributed by atoms with van der Waals surface area (Å²) in [7, 11) is 0. The summed E-state index contributed by atoms with van der Waals surface area (Å²) in [6.45, 7) is 12.2. The van der Waals surface area contributed by atoms with Gasteiger partial charge in [0, 0.05) is 12.1 Å². The molecule has 2 nitrogen and oxygen atoms in total. The van der Waals surface area contributed by atoms with Crippen LogP contribution in [0.1, 0.15) is 60.1 Å². The van der Waals surface area contributed by atoms with Gasteiger partial charge in [-0.1, -0.05) is 86.7 Å². The molecule has 164 valence electrons. The van der Waals surface area contributed by atoms with Gasteiger partial charge in [0.2, 0.25) is 0 Å². The molecule has 0 amide bonds. The summed E-state index contributed by atoms with van der Waals surface area (Å²) < 4.78 is 0. The Labute approximate surface area is 193 Å². The molecule has 0 saturated heterocycles. The second kappa shape index (κ2) is 11.5. The van der Waals surface area contributed by atoms with Crippen molar-refractivity contribution in [3.05, 3.63) is 94.0 Å². The molecule has 2 heteroatoms. The first-order chi connectivity index (χ1) is 15.6. The first-order valence-electron chi connectivity index (χ1n) is 11.7. The smallest absolute Gasteiger partial charge is 0.100 e. The van der Waals surface area contributed by atoms with Crippen molar-refractivity contribution in [3.63, 3.8) is 0 Å². The Morgan fingerprint density at radius 3 is 2.16 bits per heavy atom. The van der Waals surface area contributed by atoms with Gasteiger partial charge in [-0.05, 0) is 73.2 Å². The van der Waals surface area contributed by atoms with Gasteiger partial charge in [-0.2, -0.15) is 5.26 Å². The Morgan fingerprint density at radius 1 is 0.812 bits per heavy atom. The molecule has 0 bridgehead atoms. The molecule has 3 aromatic carbocycles. The summed E-state index contributed by atoms with van der Waals surface area (Å²) in [5.74, 6) is 0. The van der Waals surface area contributed by atoms with Crippen LogP contribution >= 0.6 is 0 Å². The summed E-state index contributed by atoms with van der Waals surface area (Å²) in [6.07, 6.45) is 6.59. The fourth-order valence-electron chi connectivity index (χ4n) is 4.26. The summed E-state index contributed by atoms with van der Waals surface area (Å²) in [6, 6.07) is 23.2. The van der Waals surface area contributed by atoms with E-state index in [1.807, 2.05) is 36.4 Å². The maximum atomic E-state index is 9.88. The molecule has 0 spiro atoms. The Hall–Kier alpha value is -3.15. The average Bonchev–Trinajstić information content (AvgIpc) is 2.81. The zero-order valence-corrected chi connectivity index (χ0v) is 19.9. The van der Waals surface area contributed by atoms with Crippen molar-refractivity contribution in [3.8, 4) is 17.2 Å². The van der Waals surface area contributed by atoms with Gasteiger partial charge in [0.15, 0.2) is 0 Å². The maximum Gasteiger partial charge on any atom is 0.100 e. The number of nitrogens with zero attached hydrogens (tertiary/aromatic N) is 2. The second-order valence-electron chi connectivity index (χ2n) is 8.49. The molecule has 0 atom stereocenters. The van der Waals surface area contributed by atoms with Gasteiger partial charge < -0.3 is 0 Å². The molecule has 0 fully saturated rings. The normalized spacial score (nSPS) is 11.2. The monoisotopic (exact) mass is 422 g/mol. The van der Waals surface area contributed by atoms with Crippen molar-refractivity contribution in [2.75, 3.05) is 13.1 Å². The number of rotatable bonds is 9. The largest absolute Gasteiger partial charge is 0.299 e. The Kier molecular flexibility index (Phi) is 8.42. The standard InChI is InChI=1S/C30H34N2/c1-5-17-32(18-6-2)22-28-20-23(3)27(19-24(28)4)16-15-26-13-10-14-29(30(26)21-31)25-11-8-7-9-12-25/h7-16,19-20H,5-6,17-18,22H2,1-4H3/b16-15+. The van der Waals surface area contributed by atoms with E-state index in [9.17, 15) is 5.26 Å². The first-order valence-corrected chi connectivity index (χ1v) is 11.7. The van der Waals surface area contributed by atoms with E-state index in [0.717, 1.165) is 41.9 Å². The topological polar surface area (TPSA) is 27.0 Å². The first kappa shape index (κ1) is 23.5. The molecule has 0 saturated carbocycles. The minimum Gasteiger partial charge on any atom is -0.299 e. The summed E-state index contributed by atoms with van der Waals surface area (Å²) in [5.41, 5.74) is 8.93. The van der Waals surface area contributed by atoms with E-state index in [1.165, 1.54) is 35.1 Å². The molecule has 0 heterocycles. The molecule has 3 aromatic rings. The molecule has 32 heavy (non-hydrogen) atoms. The minimum absolute atomic E-state index is 0.718. The fraction of sp³-hybridized carbons (Fsp3) is 0.300. The summed E-state index contributed by atoms with van der Waals surface area (Å²) in [5, 5.41) is 9.88. The van der Waals surface area contributed by atoms with Crippen molar-refractivity contribution in [2.24, 2.45) is 0 Å². The van der Waals surface area contributed by atoms with Crippen molar-refractivity contribution in [1.29, 1.82) is 5.26 Å². The van der Waals surface area contributed by atoms with Gasteiger partial charge >= 0.3 is 0 Å². The molecule has 0 N–H and O–H groups in total. The third kappa shape index (κ3) is 5.75. The van der Waals surface area contributed by atoms with Crippen LogP contribution in [0.3, 0.4) is 0 Å². The fourth-order valence-corrected chi connectivity index (χ4v) is 4.26. The van der Waals surface area contributed by atoms with E-state index < -0.39 is 0 Å². The van der Waals surface area contributed by atoms with Crippen LogP contribution in [0.5, 0.6) is 0 Å². The van der Waals surface area contributed by atoms with Gasteiger partial charge in [-0.3, -0.25) is 4.90 Å². The van der Waals surface area contributed by atoms with Crippen LogP contribution in [0.2, 0.25) is 0 Å². The van der Waals surface area contributed by atoms with Crippen LogP contribution in [-0.4, -0.2) is 18.0 Å². The molecule has 0 aliphatic heterocycles. The van der Waals surface area contributed by atoms with Crippen LogP contribution < -0.4 is 0 Å². The van der Waals surface area contributed by atoms with E-state index in [0.29, 0.717) is 0 Å². The quantitative estimate of drug-likeness (QED) is 0.331. The van der Waals surface area contributed by atoms with Crippen molar-refractivity contribution in [1.82, 2.24) is 4.90 Å². The SMILES string of the molecule is CCCN(CCC)Cc1cc(C)c(/C=C/c2cccc(-c3ccccc3)c2C#N)cc1C. The number of hydrogen-bond donors (Lipinski definition) is 0. The Bertz CT molecular complexity index is 1100. The average molecular weight is 423 g/mol. The van der Waals surface area contributed by atoms with E-state index >= 15 is 0 Å². The maximum absolute atomic E-state index is 9.88. The number of hydrogen-bond acceptors (Lipinski definition) is 2. The number of benzene rings is 3. The van der Waals surface area contributed by atoms with Crippen molar-refractivity contribution >= 4 is 12.2 Å². The predicted octanol–water partition coefficient (Wildman–Crippen LogP) is 7.63. The molecular weight excluding hydrogens is 388 g/mol. The van der Waals surface area contributed by atoms with Gasteiger partial charge in [-0.15, -0.1) is 0 Å².